The van der Waals surface area contributed by atoms with Crippen molar-refractivity contribution in [2.45, 2.75) is 25.7 Å². The van der Waals surface area contributed by atoms with Gasteiger partial charge in [-0.2, -0.15) is 5.10 Å². The van der Waals surface area contributed by atoms with E-state index in [1.807, 2.05) is 7.05 Å². The van der Waals surface area contributed by atoms with Gasteiger partial charge in [-0.3, -0.25) is 9.48 Å². The van der Waals surface area contributed by atoms with Crippen LogP contribution in [-0.2, 0) is 24.7 Å². The van der Waals surface area contributed by atoms with Gasteiger partial charge in [-0.25, -0.2) is 0 Å². The molecule has 0 aromatic carbocycles. The average Bonchev–Trinajstić information content (AvgIpc) is 2.44. The number of carbonyl (C=O) groups excluding carboxylic acids is 1. The molecule has 1 N–H and O–H groups in total. The van der Waals surface area contributed by atoms with Crippen LogP contribution in [0, 0.1) is 0 Å². The molecule has 1 heterocycles. The van der Waals surface area contributed by atoms with Crippen LogP contribution in [0.5, 0.6) is 0 Å². The van der Waals surface area contributed by atoms with Gasteiger partial charge in [0.15, 0.2) is 0 Å². The predicted octanol–water partition coefficient (Wildman–Crippen LogP) is 0.867. The third-order valence-corrected chi connectivity index (χ3v) is 2.51. The minimum absolute atomic E-state index is 0.714. The maximum Gasteiger partial charge on any atom is 0.212 e. The van der Waals surface area contributed by atoms with Crippen molar-refractivity contribution in [1.82, 2.24) is 9.78 Å². The number of nitrogens with zero attached hydrogens (tertiary/aromatic N) is 2. The number of aromatic nitrogens is 2. The number of hydrogen-bond donors (Lipinski definition) is 1. The molecule has 70 valence electrons. The van der Waals surface area contributed by atoms with Crippen molar-refractivity contribution in [3.05, 3.63) is 11.3 Å². The summed E-state index contributed by atoms with van der Waals surface area (Å²) < 4.78 is 1.75. The summed E-state index contributed by atoms with van der Waals surface area (Å²) >= 11 is 0. The van der Waals surface area contributed by atoms with E-state index in [2.05, 4.69) is 10.4 Å². The van der Waals surface area contributed by atoms with E-state index in [4.69, 9.17) is 0 Å². The van der Waals surface area contributed by atoms with Crippen LogP contribution < -0.4 is 5.32 Å². The minimum Gasteiger partial charge on any atom is -0.313 e. The summed E-state index contributed by atoms with van der Waals surface area (Å²) in [5.41, 5.74) is 2.37. The second-order valence-electron chi connectivity index (χ2n) is 3.37. The summed E-state index contributed by atoms with van der Waals surface area (Å²) in [4.78, 5) is 10.4. The van der Waals surface area contributed by atoms with Gasteiger partial charge in [-0.05, 0) is 25.7 Å². The Balaban J connectivity index is 2.41. The third kappa shape index (κ3) is 1.32. The van der Waals surface area contributed by atoms with E-state index in [0.717, 1.165) is 24.4 Å². The number of nitrogens with one attached hydrogen (secondary N) is 1. The number of fused-ring (bicyclic) bond motifs is 1. The first-order valence-electron chi connectivity index (χ1n) is 4.58. The lowest BCUT2D eigenvalue weighted by Gasteiger charge is -2.09. The fraction of sp³-hybridized carbons (Fsp3) is 0.556. The smallest absolute Gasteiger partial charge is 0.212 e. The summed E-state index contributed by atoms with van der Waals surface area (Å²) in [6.45, 7) is 0. The molecule has 1 aliphatic rings. The molecule has 2 rings (SSSR count). The molecule has 4 heteroatoms. The van der Waals surface area contributed by atoms with Crippen LogP contribution in [0.1, 0.15) is 24.1 Å². The van der Waals surface area contributed by atoms with Crippen LogP contribution >= 0.6 is 0 Å². The summed E-state index contributed by atoms with van der Waals surface area (Å²) in [5, 5.41) is 7.07. The van der Waals surface area contributed by atoms with E-state index in [9.17, 15) is 4.79 Å². The average molecular weight is 179 g/mol. The quantitative estimate of drug-likeness (QED) is 0.685. The Kier molecular flexibility index (Phi) is 2.04. The zero-order valence-corrected chi connectivity index (χ0v) is 7.71. The number of hydrogen-bond acceptors (Lipinski definition) is 2. The van der Waals surface area contributed by atoms with Crippen molar-refractivity contribution < 1.29 is 4.79 Å². The standard InChI is InChI=1S/C9H13N3O/c1-12-9(10-6-13)7-4-2-3-5-8(7)11-12/h6H,2-5H2,1H3,(H,10,13). The normalized spacial score (nSPS) is 15.2. The lowest BCUT2D eigenvalue weighted by Crippen LogP contribution is -2.05. The first-order valence-corrected chi connectivity index (χ1v) is 4.58. The zero-order valence-electron chi connectivity index (χ0n) is 7.71. The van der Waals surface area contributed by atoms with Gasteiger partial charge in [0.25, 0.3) is 0 Å². The number of amides is 1. The van der Waals surface area contributed by atoms with Gasteiger partial charge in [0.05, 0.1) is 5.69 Å². The largest absolute Gasteiger partial charge is 0.313 e. The molecule has 0 saturated carbocycles. The Hall–Kier alpha value is -1.32. The van der Waals surface area contributed by atoms with Crippen molar-refractivity contribution >= 4 is 12.2 Å². The monoisotopic (exact) mass is 179 g/mol. The number of aryl methyl sites for hydroxylation is 2. The Morgan fingerprint density at radius 1 is 1.46 bits per heavy atom. The summed E-state index contributed by atoms with van der Waals surface area (Å²) in [7, 11) is 1.87. The van der Waals surface area contributed by atoms with Crippen LogP contribution in [-0.4, -0.2) is 16.2 Å². The Bertz CT molecular complexity index is 330. The zero-order chi connectivity index (χ0) is 9.26. The molecular weight excluding hydrogens is 166 g/mol. The summed E-state index contributed by atoms with van der Waals surface area (Å²) in [6, 6.07) is 0. The Morgan fingerprint density at radius 3 is 3.00 bits per heavy atom. The summed E-state index contributed by atoms with van der Waals surface area (Å²) in [5.74, 6) is 0.865. The van der Waals surface area contributed by atoms with Crippen LogP contribution in [0.25, 0.3) is 0 Å². The fourth-order valence-corrected chi connectivity index (χ4v) is 1.92. The van der Waals surface area contributed by atoms with Gasteiger partial charge in [0.1, 0.15) is 5.82 Å². The molecule has 0 saturated heterocycles. The predicted molar refractivity (Wildman–Crippen MR) is 49.5 cm³/mol. The highest BCUT2D eigenvalue weighted by molar-refractivity contribution is 5.71. The van der Waals surface area contributed by atoms with E-state index in [0.29, 0.717) is 6.41 Å². The van der Waals surface area contributed by atoms with Gasteiger partial charge in [-0.15, -0.1) is 0 Å². The van der Waals surface area contributed by atoms with E-state index >= 15 is 0 Å². The van der Waals surface area contributed by atoms with Gasteiger partial charge in [-0.1, -0.05) is 0 Å². The van der Waals surface area contributed by atoms with Crippen molar-refractivity contribution in [1.29, 1.82) is 0 Å². The number of carbonyl (C=O) groups is 1. The van der Waals surface area contributed by atoms with Crippen LogP contribution in [0.3, 0.4) is 0 Å². The fourth-order valence-electron chi connectivity index (χ4n) is 1.92. The van der Waals surface area contributed by atoms with E-state index in [1.54, 1.807) is 4.68 Å². The second kappa shape index (κ2) is 3.20. The molecule has 0 unspecified atom stereocenters. The van der Waals surface area contributed by atoms with Crippen LogP contribution in [0.2, 0.25) is 0 Å². The number of anilines is 1. The van der Waals surface area contributed by atoms with E-state index < -0.39 is 0 Å². The Labute approximate surface area is 76.9 Å². The molecule has 13 heavy (non-hydrogen) atoms. The molecule has 0 radical (unpaired) electrons. The van der Waals surface area contributed by atoms with E-state index in [1.165, 1.54) is 18.4 Å². The topological polar surface area (TPSA) is 46.9 Å². The van der Waals surface area contributed by atoms with Crippen LogP contribution in [0.15, 0.2) is 0 Å². The van der Waals surface area contributed by atoms with Gasteiger partial charge in [0, 0.05) is 12.6 Å². The summed E-state index contributed by atoms with van der Waals surface area (Å²) in [6.07, 6.45) is 5.21. The van der Waals surface area contributed by atoms with Gasteiger partial charge in [0.2, 0.25) is 6.41 Å². The lowest BCUT2D eigenvalue weighted by molar-refractivity contribution is -0.105. The van der Waals surface area contributed by atoms with Crippen molar-refractivity contribution in [2.24, 2.45) is 7.05 Å². The maximum absolute atomic E-state index is 10.4. The van der Waals surface area contributed by atoms with Crippen molar-refractivity contribution in [3.8, 4) is 0 Å². The first-order chi connectivity index (χ1) is 6.33. The van der Waals surface area contributed by atoms with Crippen molar-refractivity contribution in [2.75, 3.05) is 5.32 Å². The molecule has 4 nitrogen and oxygen atoms in total. The highest BCUT2D eigenvalue weighted by Crippen LogP contribution is 2.26. The molecule has 0 bridgehead atoms. The highest BCUT2D eigenvalue weighted by Gasteiger charge is 2.18. The second-order valence-corrected chi connectivity index (χ2v) is 3.37. The van der Waals surface area contributed by atoms with Crippen LogP contribution in [0.4, 0.5) is 5.82 Å². The SMILES string of the molecule is Cn1nc2c(c1NC=O)CCCC2. The van der Waals surface area contributed by atoms with Gasteiger partial charge >= 0.3 is 0 Å². The molecule has 0 spiro atoms. The molecule has 0 atom stereocenters. The Morgan fingerprint density at radius 2 is 2.23 bits per heavy atom. The third-order valence-electron chi connectivity index (χ3n) is 2.51. The molecule has 1 amide bonds. The maximum atomic E-state index is 10.4. The molecular formula is C9H13N3O. The lowest BCUT2D eigenvalue weighted by atomic mass is 9.97. The minimum atomic E-state index is 0.714. The molecule has 0 aliphatic heterocycles. The molecule has 0 fully saturated rings. The molecule has 1 aromatic rings. The van der Waals surface area contributed by atoms with Gasteiger partial charge < -0.3 is 5.32 Å². The molecule has 1 aliphatic carbocycles. The number of rotatable bonds is 2. The first kappa shape index (κ1) is 8.29. The van der Waals surface area contributed by atoms with E-state index in [-0.39, 0.29) is 0 Å². The highest BCUT2D eigenvalue weighted by atomic mass is 16.1. The molecule has 1 aromatic heterocycles. The van der Waals surface area contributed by atoms with Crippen molar-refractivity contribution in [3.63, 3.8) is 0 Å².